The number of piperazine rings is 1. The first-order valence-electron chi connectivity index (χ1n) is 6.52. The quantitative estimate of drug-likeness (QED) is 0.747. The number of anilines is 1. The molecule has 2 aliphatic heterocycles. The highest BCUT2D eigenvalue weighted by Crippen LogP contribution is 2.29. The Morgan fingerprint density at radius 2 is 2.17 bits per heavy atom. The van der Waals surface area contributed by atoms with Gasteiger partial charge in [0.2, 0.25) is 0 Å². The average molecular weight is 248 g/mol. The van der Waals surface area contributed by atoms with Crippen molar-refractivity contribution < 1.29 is 9.18 Å². The number of nitrogens with zero attached hydrogens (tertiary/aromatic N) is 2. The summed E-state index contributed by atoms with van der Waals surface area (Å²) in [4.78, 5) is 15.5. The van der Waals surface area contributed by atoms with Gasteiger partial charge in [-0.2, -0.15) is 0 Å². The van der Waals surface area contributed by atoms with Crippen LogP contribution in [0.15, 0.2) is 18.2 Å². The number of hydrogen-bond acceptors (Lipinski definition) is 3. The van der Waals surface area contributed by atoms with Crippen LogP contribution in [0.3, 0.4) is 0 Å². The normalized spacial score (nSPS) is 24.1. The number of aldehydes is 1. The number of carbonyl (C=O) groups is 1. The topological polar surface area (TPSA) is 23.6 Å². The third-order valence-corrected chi connectivity index (χ3v) is 4.05. The minimum absolute atomic E-state index is 0.286. The van der Waals surface area contributed by atoms with Gasteiger partial charge in [-0.1, -0.05) is 6.07 Å². The second-order valence-corrected chi connectivity index (χ2v) is 5.07. The monoisotopic (exact) mass is 248 g/mol. The molecule has 0 spiro atoms. The Labute approximate surface area is 106 Å². The molecule has 0 bridgehead atoms. The molecule has 3 nitrogen and oxygen atoms in total. The van der Waals surface area contributed by atoms with Crippen LogP contribution in [-0.4, -0.2) is 43.4 Å². The molecule has 1 atom stereocenters. The lowest BCUT2D eigenvalue weighted by molar-refractivity contribution is 0.112. The maximum Gasteiger partial charge on any atom is 0.152 e. The molecule has 0 saturated carbocycles. The van der Waals surface area contributed by atoms with Crippen molar-refractivity contribution in [2.24, 2.45) is 0 Å². The summed E-state index contributed by atoms with van der Waals surface area (Å²) in [5.41, 5.74) is 0.945. The molecule has 96 valence electrons. The highest BCUT2D eigenvalue weighted by molar-refractivity contribution is 5.84. The Morgan fingerprint density at radius 1 is 1.28 bits per heavy atom. The average Bonchev–Trinajstić information content (AvgIpc) is 2.85. The van der Waals surface area contributed by atoms with Crippen LogP contribution in [0.4, 0.5) is 10.1 Å². The fourth-order valence-corrected chi connectivity index (χ4v) is 3.15. The van der Waals surface area contributed by atoms with Crippen molar-refractivity contribution >= 4 is 12.0 Å². The van der Waals surface area contributed by atoms with E-state index in [9.17, 15) is 9.18 Å². The second kappa shape index (κ2) is 4.69. The molecule has 18 heavy (non-hydrogen) atoms. The molecule has 3 rings (SSSR count). The number of halogens is 1. The minimum atomic E-state index is -0.286. The SMILES string of the molecule is O=Cc1cccc(F)c1N1CCN2CCCC2C1. The first-order chi connectivity index (χ1) is 8.79. The molecule has 0 N–H and O–H groups in total. The third kappa shape index (κ3) is 1.90. The zero-order valence-corrected chi connectivity index (χ0v) is 10.3. The summed E-state index contributed by atoms with van der Waals surface area (Å²) in [6.45, 7) is 3.77. The minimum Gasteiger partial charge on any atom is -0.366 e. The molecule has 1 aromatic carbocycles. The van der Waals surface area contributed by atoms with Gasteiger partial charge in [0.25, 0.3) is 0 Å². The van der Waals surface area contributed by atoms with E-state index in [-0.39, 0.29) is 5.82 Å². The van der Waals surface area contributed by atoms with Crippen LogP contribution >= 0.6 is 0 Å². The van der Waals surface area contributed by atoms with E-state index in [0.29, 0.717) is 17.3 Å². The predicted molar refractivity (Wildman–Crippen MR) is 68.6 cm³/mol. The van der Waals surface area contributed by atoms with Gasteiger partial charge in [-0.15, -0.1) is 0 Å². The smallest absolute Gasteiger partial charge is 0.152 e. The van der Waals surface area contributed by atoms with E-state index in [4.69, 9.17) is 0 Å². The lowest BCUT2D eigenvalue weighted by atomic mass is 10.1. The fraction of sp³-hybridized carbons (Fsp3) is 0.500. The Morgan fingerprint density at radius 3 is 3.00 bits per heavy atom. The molecular weight excluding hydrogens is 231 g/mol. The number of carbonyl (C=O) groups excluding carboxylic acids is 1. The highest BCUT2D eigenvalue weighted by atomic mass is 19.1. The maximum absolute atomic E-state index is 14.0. The van der Waals surface area contributed by atoms with Crippen LogP contribution in [0.5, 0.6) is 0 Å². The molecule has 2 aliphatic rings. The van der Waals surface area contributed by atoms with Crippen LogP contribution in [0.1, 0.15) is 23.2 Å². The summed E-state index contributed by atoms with van der Waals surface area (Å²) in [5.74, 6) is -0.286. The molecule has 0 aromatic heterocycles. The van der Waals surface area contributed by atoms with E-state index in [1.54, 1.807) is 12.1 Å². The van der Waals surface area contributed by atoms with Crippen molar-refractivity contribution in [1.82, 2.24) is 4.90 Å². The molecule has 4 heteroatoms. The van der Waals surface area contributed by atoms with Crippen molar-refractivity contribution in [3.63, 3.8) is 0 Å². The molecule has 1 unspecified atom stereocenters. The predicted octanol–water partition coefficient (Wildman–Crippen LogP) is 1.92. The Balaban J connectivity index is 1.89. The summed E-state index contributed by atoms with van der Waals surface area (Å²) in [6, 6.07) is 5.24. The van der Waals surface area contributed by atoms with Crippen molar-refractivity contribution in [2.75, 3.05) is 31.1 Å². The van der Waals surface area contributed by atoms with Crippen LogP contribution in [0.25, 0.3) is 0 Å². The van der Waals surface area contributed by atoms with Gasteiger partial charge in [-0.3, -0.25) is 9.69 Å². The first kappa shape index (κ1) is 11.7. The lowest BCUT2D eigenvalue weighted by Gasteiger charge is -2.39. The number of hydrogen-bond donors (Lipinski definition) is 0. The Hall–Kier alpha value is -1.42. The number of fused-ring (bicyclic) bond motifs is 1. The van der Waals surface area contributed by atoms with Gasteiger partial charge in [0.1, 0.15) is 5.82 Å². The van der Waals surface area contributed by atoms with Crippen LogP contribution in [0.2, 0.25) is 0 Å². The molecule has 0 amide bonds. The molecule has 1 aromatic rings. The molecule has 0 aliphatic carbocycles. The lowest BCUT2D eigenvalue weighted by Crippen LogP contribution is -2.50. The zero-order chi connectivity index (χ0) is 12.5. The number of para-hydroxylation sites is 1. The van der Waals surface area contributed by atoms with Crippen LogP contribution < -0.4 is 4.90 Å². The molecule has 0 radical (unpaired) electrons. The Kier molecular flexibility index (Phi) is 3.04. The van der Waals surface area contributed by atoms with Gasteiger partial charge >= 0.3 is 0 Å². The van der Waals surface area contributed by atoms with Crippen molar-refractivity contribution in [2.45, 2.75) is 18.9 Å². The Bertz CT molecular complexity index is 463. The standard InChI is InChI=1S/C14H17FN2O/c15-13-5-1-3-11(10-18)14(13)17-8-7-16-6-2-4-12(16)9-17/h1,3,5,10,12H,2,4,6-9H2. The van der Waals surface area contributed by atoms with Crippen LogP contribution in [0, 0.1) is 5.82 Å². The van der Waals surface area contributed by atoms with E-state index in [0.717, 1.165) is 32.5 Å². The highest BCUT2D eigenvalue weighted by Gasteiger charge is 2.32. The summed E-state index contributed by atoms with van der Waals surface area (Å²) in [7, 11) is 0. The van der Waals surface area contributed by atoms with Gasteiger partial charge in [0.15, 0.2) is 6.29 Å². The molecule has 2 saturated heterocycles. The zero-order valence-electron chi connectivity index (χ0n) is 10.3. The largest absolute Gasteiger partial charge is 0.366 e. The number of benzene rings is 1. The fourth-order valence-electron chi connectivity index (χ4n) is 3.15. The summed E-state index contributed by atoms with van der Waals surface area (Å²) >= 11 is 0. The third-order valence-electron chi connectivity index (χ3n) is 4.05. The van der Waals surface area contributed by atoms with Crippen molar-refractivity contribution in [1.29, 1.82) is 0 Å². The van der Waals surface area contributed by atoms with Gasteiger partial charge in [-0.05, 0) is 31.5 Å². The molecule has 2 heterocycles. The number of rotatable bonds is 2. The van der Waals surface area contributed by atoms with E-state index < -0.39 is 0 Å². The van der Waals surface area contributed by atoms with Gasteiger partial charge in [0, 0.05) is 31.2 Å². The second-order valence-electron chi connectivity index (χ2n) is 5.07. The first-order valence-corrected chi connectivity index (χ1v) is 6.52. The molecule has 2 fully saturated rings. The van der Waals surface area contributed by atoms with Gasteiger partial charge in [0.05, 0.1) is 5.69 Å². The summed E-state index contributed by atoms with van der Waals surface area (Å²) in [5, 5.41) is 0. The van der Waals surface area contributed by atoms with E-state index in [1.807, 2.05) is 4.90 Å². The van der Waals surface area contributed by atoms with E-state index >= 15 is 0 Å². The van der Waals surface area contributed by atoms with Crippen LogP contribution in [-0.2, 0) is 0 Å². The molecular formula is C14H17FN2O. The maximum atomic E-state index is 14.0. The van der Waals surface area contributed by atoms with Crippen molar-refractivity contribution in [3.05, 3.63) is 29.6 Å². The van der Waals surface area contributed by atoms with E-state index in [2.05, 4.69) is 4.90 Å². The summed E-state index contributed by atoms with van der Waals surface area (Å²) in [6.07, 6.45) is 3.16. The van der Waals surface area contributed by atoms with E-state index in [1.165, 1.54) is 18.9 Å². The summed E-state index contributed by atoms with van der Waals surface area (Å²) < 4.78 is 14.0. The van der Waals surface area contributed by atoms with Gasteiger partial charge in [-0.25, -0.2) is 4.39 Å². The van der Waals surface area contributed by atoms with Gasteiger partial charge < -0.3 is 4.90 Å². The van der Waals surface area contributed by atoms with Crippen molar-refractivity contribution in [3.8, 4) is 0 Å².